The summed E-state index contributed by atoms with van der Waals surface area (Å²) < 4.78 is 6.40. The molecule has 0 saturated heterocycles. The molecule has 1 aliphatic heterocycles. The topological polar surface area (TPSA) is 59.6 Å². The van der Waals surface area contributed by atoms with Crippen LogP contribution in [0.15, 0.2) is 40.3 Å². The Balaban J connectivity index is 2.07. The molecule has 1 atom stereocenters. The van der Waals surface area contributed by atoms with Gasteiger partial charge >= 0.3 is 0 Å². The number of hydrogen-bond acceptors (Lipinski definition) is 2. The number of hydrogen-bond donors (Lipinski definition) is 2. The Bertz CT molecular complexity index is 473. The monoisotopic (exact) mass is 309 g/mol. The van der Waals surface area contributed by atoms with E-state index in [0.29, 0.717) is 19.1 Å². The largest absolute Gasteiger partial charge is 0.493 e. The number of halogens is 1. The van der Waals surface area contributed by atoms with Crippen LogP contribution in [0.5, 0.6) is 5.75 Å². The second kappa shape index (κ2) is 5.91. The van der Waals surface area contributed by atoms with Crippen molar-refractivity contribution in [1.82, 2.24) is 5.32 Å². The first-order valence-corrected chi connectivity index (χ1v) is 6.57. The van der Waals surface area contributed by atoms with Gasteiger partial charge in [-0.3, -0.25) is 0 Å². The predicted molar refractivity (Wildman–Crippen MR) is 77.0 cm³/mol. The standard InChI is InChI=1S/C13H16BrN3O/c1-9(14)8-16-13(15)17-11-6-7-18-12-5-3-2-4-10(11)12/h2-5,11H,1,6-8H2,(H3,15,16,17). The van der Waals surface area contributed by atoms with Crippen molar-refractivity contribution in [2.75, 3.05) is 13.2 Å². The van der Waals surface area contributed by atoms with E-state index < -0.39 is 0 Å². The van der Waals surface area contributed by atoms with Crippen LogP contribution in [0, 0.1) is 0 Å². The fourth-order valence-corrected chi connectivity index (χ4v) is 2.01. The summed E-state index contributed by atoms with van der Waals surface area (Å²) in [6.07, 6.45) is 0.877. The highest BCUT2D eigenvalue weighted by Crippen LogP contribution is 2.31. The lowest BCUT2D eigenvalue weighted by molar-refractivity contribution is 0.262. The van der Waals surface area contributed by atoms with E-state index in [-0.39, 0.29) is 6.04 Å². The van der Waals surface area contributed by atoms with Crippen molar-refractivity contribution in [2.24, 2.45) is 10.7 Å². The highest BCUT2D eigenvalue weighted by molar-refractivity contribution is 9.11. The molecule has 18 heavy (non-hydrogen) atoms. The summed E-state index contributed by atoms with van der Waals surface area (Å²) in [5.74, 6) is 1.34. The van der Waals surface area contributed by atoms with Gasteiger partial charge in [-0.25, -0.2) is 4.99 Å². The smallest absolute Gasteiger partial charge is 0.189 e. The van der Waals surface area contributed by atoms with Crippen LogP contribution in [0.2, 0.25) is 0 Å². The minimum atomic E-state index is 0.155. The molecule has 0 amide bonds. The molecule has 5 heteroatoms. The molecule has 0 fully saturated rings. The van der Waals surface area contributed by atoms with E-state index in [4.69, 9.17) is 10.5 Å². The lowest BCUT2D eigenvalue weighted by Crippen LogP contribution is -2.37. The van der Waals surface area contributed by atoms with E-state index in [9.17, 15) is 0 Å². The first-order chi connectivity index (χ1) is 8.66. The van der Waals surface area contributed by atoms with Crippen LogP contribution < -0.4 is 15.8 Å². The maximum Gasteiger partial charge on any atom is 0.189 e. The summed E-state index contributed by atoms with van der Waals surface area (Å²) in [7, 11) is 0. The molecule has 0 spiro atoms. The number of ether oxygens (including phenoxy) is 1. The first kappa shape index (κ1) is 13.0. The minimum absolute atomic E-state index is 0.155. The fraction of sp³-hybridized carbons (Fsp3) is 0.308. The molecule has 1 aliphatic rings. The van der Waals surface area contributed by atoms with Gasteiger partial charge in [0.15, 0.2) is 5.96 Å². The summed E-state index contributed by atoms with van der Waals surface area (Å²) >= 11 is 3.25. The van der Waals surface area contributed by atoms with Gasteiger partial charge in [0.1, 0.15) is 5.75 Å². The van der Waals surface area contributed by atoms with Crippen molar-refractivity contribution in [3.8, 4) is 5.75 Å². The molecule has 0 aliphatic carbocycles. The highest BCUT2D eigenvalue weighted by atomic mass is 79.9. The Hall–Kier alpha value is -1.49. The number of guanidine groups is 1. The van der Waals surface area contributed by atoms with Crippen LogP contribution in [-0.4, -0.2) is 19.1 Å². The molecule has 3 N–H and O–H groups in total. The number of nitrogens with one attached hydrogen (secondary N) is 1. The third kappa shape index (κ3) is 3.26. The summed E-state index contributed by atoms with van der Waals surface area (Å²) in [6.45, 7) is 4.88. The van der Waals surface area contributed by atoms with Crippen LogP contribution in [0.4, 0.5) is 0 Å². The molecular weight excluding hydrogens is 294 g/mol. The maximum atomic E-state index is 5.85. The molecule has 0 bridgehead atoms. The van der Waals surface area contributed by atoms with Crippen molar-refractivity contribution >= 4 is 21.9 Å². The average Bonchev–Trinajstić information content (AvgIpc) is 2.37. The number of nitrogens with zero attached hydrogens (tertiary/aromatic N) is 1. The van der Waals surface area contributed by atoms with E-state index in [1.165, 1.54) is 0 Å². The average molecular weight is 310 g/mol. The van der Waals surface area contributed by atoms with Gasteiger partial charge in [-0.2, -0.15) is 0 Å². The van der Waals surface area contributed by atoms with Crippen molar-refractivity contribution in [3.05, 3.63) is 40.9 Å². The molecule has 1 aromatic carbocycles. The van der Waals surface area contributed by atoms with Gasteiger partial charge in [-0.15, -0.1) is 0 Å². The van der Waals surface area contributed by atoms with Gasteiger partial charge in [0.05, 0.1) is 19.2 Å². The summed E-state index contributed by atoms with van der Waals surface area (Å²) in [4.78, 5) is 4.19. The minimum Gasteiger partial charge on any atom is -0.493 e. The Morgan fingerprint density at radius 2 is 2.33 bits per heavy atom. The van der Waals surface area contributed by atoms with Crippen LogP contribution in [-0.2, 0) is 0 Å². The number of benzene rings is 1. The van der Waals surface area contributed by atoms with Crippen molar-refractivity contribution in [3.63, 3.8) is 0 Å². The van der Waals surface area contributed by atoms with Crippen LogP contribution in [0.3, 0.4) is 0 Å². The van der Waals surface area contributed by atoms with Gasteiger partial charge < -0.3 is 15.8 Å². The van der Waals surface area contributed by atoms with Gasteiger partial charge in [0, 0.05) is 16.5 Å². The second-order valence-corrected chi connectivity index (χ2v) is 5.21. The highest BCUT2D eigenvalue weighted by Gasteiger charge is 2.20. The van der Waals surface area contributed by atoms with Crippen molar-refractivity contribution in [2.45, 2.75) is 12.5 Å². The zero-order valence-electron chi connectivity index (χ0n) is 10.0. The molecule has 1 aromatic rings. The second-order valence-electron chi connectivity index (χ2n) is 4.09. The third-order valence-electron chi connectivity index (χ3n) is 2.70. The van der Waals surface area contributed by atoms with Crippen molar-refractivity contribution < 1.29 is 4.74 Å². The van der Waals surface area contributed by atoms with E-state index >= 15 is 0 Å². The van der Waals surface area contributed by atoms with E-state index in [1.807, 2.05) is 24.3 Å². The van der Waals surface area contributed by atoms with Crippen molar-refractivity contribution in [1.29, 1.82) is 0 Å². The van der Waals surface area contributed by atoms with E-state index in [0.717, 1.165) is 22.2 Å². The Labute approximate surface area is 115 Å². The number of aliphatic imine (C=N–C) groups is 1. The Kier molecular flexibility index (Phi) is 4.25. The Morgan fingerprint density at radius 1 is 1.56 bits per heavy atom. The normalized spacial score (nSPS) is 18.7. The summed E-state index contributed by atoms with van der Waals surface area (Å²) in [5, 5.41) is 3.22. The SMILES string of the molecule is C=C(Br)CN=C(N)NC1CCOc2ccccc21. The molecule has 0 saturated carbocycles. The summed E-state index contributed by atoms with van der Waals surface area (Å²) in [5.41, 5.74) is 6.97. The molecule has 1 unspecified atom stereocenters. The van der Waals surface area contributed by atoms with E-state index in [2.05, 4.69) is 32.8 Å². The Morgan fingerprint density at radius 3 is 3.11 bits per heavy atom. The maximum absolute atomic E-state index is 5.85. The molecule has 1 heterocycles. The predicted octanol–water partition coefficient (Wildman–Crippen LogP) is 2.32. The van der Waals surface area contributed by atoms with Gasteiger partial charge in [-0.05, 0) is 6.07 Å². The number of fused-ring (bicyclic) bond motifs is 1. The summed E-state index contributed by atoms with van der Waals surface area (Å²) in [6, 6.07) is 8.13. The molecule has 2 rings (SSSR count). The quantitative estimate of drug-likeness (QED) is 0.665. The molecular formula is C13H16BrN3O. The zero-order chi connectivity index (χ0) is 13.0. The van der Waals surface area contributed by atoms with Crippen LogP contribution >= 0.6 is 15.9 Å². The lowest BCUT2D eigenvalue weighted by atomic mass is 10.0. The number of rotatable bonds is 3. The van der Waals surface area contributed by atoms with Gasteiger partial charge in [-0.1, -0.05) is 40.7 Å². The van der Waals surface area contributed by atoms with Crippen LogP contribution in [0.1, 0.15) is 18.0 Å². The van der Waals surface area contributed by atoms with E-state index in [1.54, 1.807) is 0 Å². The third-order valence-corrected chi connectivity index (χ3v) is 2.95. The number of para-hydroxylation sites is 1. The first-order valence-electron chi connectivity index (χ1n) is 5.78. The van der Waals surface area contributed by atoms with Crippen LogP contribution in [0.25, 0.3) is 0 Å². The molecule has 0 radical (unpaired) electrons. The fourth-order valence-electron chi connectivity index (χ4n) is 1.89. The van der Waals surface area contributed by atoms with Gasteiger partial charge in [0.2, 0.25) is 0 Å². The molecule has 96 valence electrons. The lowest BCUT2D eigenvalue weighted by Gasteiger charge is -2.26. The van der Waals surface area contributed by atoms with Gasteiger partial charge in [0.25, 0.3) is 0 Å². The molecule has 4 nitrogen and oxygen atoms in total. The number of nitrogens with two attached hydrogens (primary N) is 1. The molecule has 0 aromatic heterocycles. The zero-order valence-corrected chi connectivity index (χ0v) is 11.6.